The molecule has 0 spiro atoms. The Kier molecular flexibility index (Phi) is 3.04. The van der Waals surface area contributed by atoms with Crippen LogP contribution in [0.5, 0.6) is 5.75 Å². The van der Waals surface area contributed by atoms with Crippen molar-refractivity contribution in [1.29, 1.82) is 5.26 Å². The van der Waals surface area contributed by atoms with Crippen LogP contribution >= 0.6 is 15.9 Å². The molecule has 1 N–H and O–H groups in total. The van der Waals surface area contributed by atoms with Crippen LogP contribution in [0.4, 0.5) is 4.39 Å². The molecular formula is C9H5BrFNO. The Morgan fingerprint density at radius 2 is 2.23 bits per heavy atom. The van der Waals surface area contributed by atoms with Crippen molar-refractivity contribution in [2.24, 2.45) is 0 Å². The highest BCUT2D eigenvalue weighted by atomic mass is 79.9. The Balaban J connectivity index is 3.22. The van der Waals surface area contributed by atoms with Gasteiger partial charge in [0.05, 0.1) is 6.07 Å². The third-order valence-corrected chi connectivity index (χ3v) is 1.85. The minimum atomic E-state index is -0.716. The Labute approximate surface area is 83.1 Å². The summed E-state index contributed by atoms with van der Waals surface area (Å²) >= 11 is 3.07. The lowest BCUT2D eigenvalue weighted by molar-refractivity contribution is 0.431. The van der Waals surface area contributed by atoms with E-state index in [0.717, 1.165) is 6.07 Å². The van der Waals surface area contributed by atoms with E-state index in [1.165, 1.54) is 18.2 Å². The van der Waals surface area contributed by atoms with Gasteiger partial charge in [0.25, 0.3) is 0 Å². The largest absolute Gasteiger partial charge is 0.504 e. The molecular weight excluding hydrogens is 237 g/mol. The van der Waals surface area contributed by atoms with E-state index < -0.39 is 11.6 Å². The Morgan fingerprint density at radius 3 is 2.85 bits per heavy atom. The molecule has 0 aliphatic heterocycles. The number of halogens is 2. The first-order valence-electron chi connectivity index (χ1n) is 3.39. The number of aromatic hydroxyl groups is 1. The smallest absolute Gasteiger partial charge is 0.166 e. The molecule has 0 unspecified atom stereocenters. The molecule has 13 heavy (non-hydrogen) atoms. The maximum Gasteiger partial charge on any atom is 0.166 e. The average molecular weight is 242 g/mol. The van der Waals surface area contributed by atoms with Crippen molar-refractivity contribution in [3.63, 3.8) is 0 Å². The molecule has 4 heteroatoms. The standard InChI is InChI=1S/C9H5BrFNO/c10-7-4-6(2-1-3-12)9(13)8(11)5-7/h1-2,4-5,13H. The molecule has 0 fully saturated rings. The number of hydrogen-bond donors (Lipinski definition) is 1. The summed E-state index contributed by atoms with van der Waals surface area (Å²) in [6.07, 6.45) is 2.50. The molecule has 0 aromatic heterocycles. The highest BCUT2D eigenvalue weighted by Gasteiger charge is 2.05. The van der Waals surface area contributed by atoms with Gasteiger partial charge in [0.1, 0.15) is 0 Å². The van der Waals surface area contributed by atoms with Gasteiger partial charge >= 0.3 is 0 Å². The number of allylic oxidation sites excluding steroid dienone is 1. The molecule has 0 bridgehead atoms. The van der Waals surface area contributed by atoms with Crippen LogP contribution in [0.15, 0.2) is 22.7 Å². The summed E-state index contributed by atoms with van der Waals surface area (Å²) in [4.78, 5) is 0. The SMILES string of the molecule is N#CC=Cc1cc(Br)cc(F)c1O. The summed E-state index contributed by atoms with van der Waals surface area (Å²) in [7, 11) is 0. The predicted octanol–water partition coefficient (Wildman–Crippen LogP) is 2.83. The van der Waals surface area contributed by atoms with Crippen LogP contribution in [0.25, 0.3) is 6.08 Å². The second kappa shape index (κ2) is 4.06. The number of rotatable bonds is 1. The highest BCUT2D eigenvalue weighted by Crippen LogP contribution is 2.26. The van der Waals surface area contributed by atoms with Crippen molar-refractivity contribution in [2.75, 3.05) is 0 Å². The van der Waals surface area contributed by atoms with Gasteiger partial charge < -0.3 is 5.11 Å². The first-order valence-corrected chi connectivity index (χ1v) is 4.18. The van der Waals surface area contributed by atoms with Gasteiger partial charge in [-0.05, 0) is 18.2 Å². The minimum absolute atomic E-state index is 0.272. The monoisotopic (exact) mass is 241 g/mol. The van der Waals surface area contributed by atoms with Gasteiger partial charge in [-0.3, -0.25) is 0 Å². The third-order valence-electron chi connectivity index (χ3n) is 1.40. The highest BCUT2D eigenvalue weighted by molar-refractivity contribution is 9.10. The molecule has 0 saturated carbocycles. The zero-order valence-electron chi connectivity index (χ0n) is 6.46. The molecule has 1 aromatic rings. The number of phenols is 1. The molecule has 1 aromatic carbocycles. The van der Waals surface area contributed by atoms with Crippen molar-refractivity contribution >= 4 is 22.0 Å². The molecule has 0 aliphatic carbocycles. The topological polar surface area (TPSA) is 44.0 Å². The van der Waals surface area contributed by atoms with Crippen molar-refractivity contribution < 1.29 is 9.50 Å². The normalized spacial score (nSPS) is 10.2. The Morgan fingerprint density at radius 1 is 1.54 bits per heavy atom. The fraction of sp³-hybridized carbons (Fsp3) is 0. The summed E-state index contributed by atoms with van der Waals surface area (Å²) in [6, 6.07) is 4.42. The van der Waals surface area contributed by atoms with Crippen LogP contribution in [0.1, 0.15) is 5.56 Å². The van der Waals surface area contributed by atoms with Crippen LogP contribution in [0.3, 0.4) is 0 Å². The van der Waals surface area contributed by atoms with Crippen LogP contribution in [0, 0.1) is 17.1 Å². The molecule has 0 saturated heterocycles. The van der Waals surface area contributed by atoms with Gasteiger partial charge in [-0.1, -0.05) is 15.9 Å². The molecule has 0 radical (unpaired) electrons. The van der Waals surface area contributed by atoms with Crippen LogP contribution in [0.2, 0.25) is 0 Å². The van der Waals surface area contributed by atoms with Crippen LogP contribution in [-0.4, -0.2) is 5.11 Å². The zero-order chi connectivity index (χ0) is 9.84. The van der Waals surface area contributed by atoms with Gasteiger partial charge in [0.15, 0.2) is 11.6 Å². The lowest BCUT2D eigenvalue weighted by Gasteiger charge is -2.00. The molecule has 2 nitrogen and oxygen atoms in total. The van der Waals surface area contributed by atoms with Gasteiger partial charge in [-0.15, -0.1) is 0 Å². The van der Waals surface area contributed by atoms with Crippen LogP contribution < -0.4 is 0 Å². The summed E-state index contributed by atoms with van der Waals surface area (Å²) < 4.78 is 13.4. The number of phenolic OH excluding ortho intramolecular Hbond substituents is 1. The third kappa shape index (κ3) is 2.30. The van der Waals surface area contributed by atoms with E-state index in [1.54, 1.807) is 6.07 Å². The number of nitriles is 1. The van der Waals surface area contributed by atoms with Crippen molar-refractivity contribution in [1.82, 2.24) is 0 Å². The summed E-state index contributed by atoms with van der Waals surface area (Å²) in [5, 5.41) is 17.4. The fourth-order valence-electron chi connectivity index (χ4n) is 0.840. The average Bonchev–Trinajstić information content (AvgIpc) is 2.09. The van der Waals surface area contributed by atoms with Crippen molar-refractivity contribution in [3.05, 3.63) is 34.1 Å². The Hall–Kier alpha value is -1.34. The van der Waals surface area contributed by atoms with Crippen LogP contribution in [-0.2, 0) is 0 Å². The molecule has 0 aliphatic rings. The van der Waals surface area contributed by atoms with E-state index in [2.05, 4.69) is 15.9 Å². The lowest BCUT2D eigenvalue weighted by atomic mass is 10.2. The number of benzene rings is 1. The maximum atomic E-state index is 12.9. The van der Waals surface area contributed by atoms with Gasteiger partial charge in [-0.2, -0.15) is 5.26 Å². The van der Waals surface area contributed by atoms with E-state index in [-0.39, 0.29) is 5.56 Å². The number of nitrogens with zero attached hydrogens (tertiary/aromatic N) is 1. The van der Waals surface area contributed by atoms with Gasteiger partial charge in [-0.25, -0.2) is 4.39 Å². The molecule has 0 atom stereocenters. The first-order chi connectivity index (χ1) is 6.15. The molecule has 0 heterocycles. The van der Waals surface area contributed by atoms with Crippen molar-refractivity contribution in [3.8, 4) is 11.8 Å². The van der Waals surface area contributed by atoms with E-state index in [4.69, 9.17) is 5.26 Å². The van der Waals surface area contributed by atoms with Gasteiger partial charge in [0, 0.05) is 16.1 Å². The molecule has 66 valence electrons. The van der Waals surface area contributed by atoms with Gasteiger partial charge in [0.2, 0.25) is 0 Å². The fourth-order valence-corrected chi connectivity index (χ4v) is 1.29. The van der Waals surface area contributed by atoms with Crippen molar-refractivity contribution in [2.45, 2.75) is 0 Å². The first kappa shape index (κ1) is 9.75. The number of hydrogen-bond acceptors (Lipinski definition) is 2. The summed E-state index contributed by atoms with van der Waals surface area (Å²) in [5.41, 5.74) is 0.272. The van der Waals surface area contributed by atoms with E-state index in [0.29, 0.717) is 4.47 Å². The van der Waals surface area contributed by atoms with E-state index >= 15 is 0 Å². The molecule has 1 rings (SSSR count). The lowest BCUT2D eigenvalue weighted by Crippen LogP contribution is -1.81. The quantitative estimate of drug-likeness (QED) is 0.769. The second-order valence-corrected chi connectivity index (χ2v) is 3.20. The zero-order valence-corrected chi connectivity index (χ0v) is 8.05. The summed E-state index contributed by atoms with van der Waals surface area (Å²) in [6.45, 7) is 0. The van der Waals surface area contributed by atoms with E-state index in [9.17, 15) is 9.50 Å². The maximum absolute atomic E-state index is 12.9. The van der Waals surface area contributed by atoms with E-state index in [1.807, 2.05) is 0 Å². The predicted molar refractivity (Wildman–Crippen MR) is 50.4 cm³/mol. The summed E-state index contributed by atoms with van der Waals surface area (Å²) in [5.74, 6) is -1.17. The minimum Gasteiger partial charge on any atom is -0.504 e. The Bertz CT molecular complexity index is 395. The second-order valence-electron chi connectivity index (χ2n) is 2.29. The molecule has 0 amide bonds.